The highest BCUT2D eigenvalue weighted by molar-refractivity contribution is 14.1. The maximum absolute atomic E-state index is 11.2. The fraction of sp³-hybridized carbons (Fsp3) is 0.875. The molecular weight excluding hydrogens is 255 g/mol. The van der Waals surface area contributed by atoms with E-state index in [1.165, 1.54) is 6.42 Å². The van der Waals surface area contributed by atoms with Gasteiger partial charge in [0.05, 0.1) is 9.84 Å². The number of carbonyl (C=O) groups excluding carboxylic acids is 1. The molecule has 0 unspecified atom stereocenters. The molecule has 60 valence electrons. The summed E-state index contributed by atoms with van der Waals surface area (Å²) in [7, 11) is 0. The average Bonchev–Trinajstić information content (AvgIpc) is 2.53. The van der Waals surface area contributed by atoms with Crippen LogP contribution in [0.1, 0.15) is 12.8 Å². The van der Waals surface area contributed by atoms with Gasteiger partial charge in [-0.1, -0.05) is 22.6 Å². The van der Waals surface area contributed by atoms with Gasteiger partial charge in [0, 0.05) is 5.92 Å². The van der Waals surface area contributed by atoms with Gasteiger partial charge in [-0.2, -0.15) is 0 Å². The van der Waals surface area contributed by atoms with Crippen molar-refractivity contribution in [3.05, 3.63) is 0 Å². The molecule has 0 aromatic rings. The third kappa shape index (κ3) is 0.661. The predicted molar refractivity (Wildman–Crippen MR) is 47.4 cm³/mol. The van der Waals surface area contributed by atoms with Gasteiger partial charge in [0.2, 0.25) is 0 Å². The van der Waals surface area contributed by atoms with Crippen LogP contribution >= 0.6 is 22.6 Å². The van der Waals surface area contributed by atoms with E-state index in [1.807, 2.05) is 0 Å². The second-order valence-corrected chi connectivity index (χ2v) is 5.29. The first-order valence-electron chi connectivity index (χ1n) is 4.12. The van der Waals surface area contributed by atoms with Crippen molar-refractivity contribution < 1.29 is 9.53 Å². The zero-order valence-electron chi connectivity index (χ0n) is 6.00. The largest absolute Gasteiger partial charge is 0.461 e. The Morgan fingerprint density at radius 1 is 1.45 bits per heavy atom. The van der Waals surface area contributed by atoms with Crippen molar-refractivity contribution in [2.24, 2.45) is 17.8 Å². The van der Waals surface area contributed by atoms with Gasteiger partial charge >= 0.3 is 5.97 Å². The van der Waals surface area contributed by atoms with Crippen LogP contribution in [0.25, 0.3) is 0 Å². The molecule has 2 nitrogen and oxygen atoms in total. The van der Waals surface area contributed by atoms with Crippen LogP contribution in [0.4, 0.5) is 0 Å². The van der Waals surface area contributed by atoms with E-state index in [2.05, 4.69) is 22.6 Å². The molecule has 2 bridgehead atoms. The molecule has 5 atom stereocenters. The summed E-state index contributed by atoms with van der Waals surface area (Å²) >= 11 is 2.45. The van der Waals surface area contributed by atoms with Crippen LogP contribution in [0.3, 0.4) is 0 Å². The lowest BCUT2D eigenvalue weighted by atomic mass is 9.90. The van der Waals surface area contributed by atoms with Crippen LogP contribution < -0.4 is 0 Å². The molecule has 0 amide bonds. The van der Waals surface area contributed by atoms with Gasteiger partial charge in [-0.05, 0) is 18.8 Å². The van der Waals surface area contributed by atoms with Crippen molar-refractivity contribution in [1.29, 1.82) is 0 Å². The van der Waals surface area contributed by atoms with Gasteiger partial charge in [-0.25, -0.2) is 0 Å². The van der Waals surface area contributed by atoms with Crippen molar-refractivity contribution in [2.45, 2.75) is 22.9 Å². The normalized spacial score (nSPS) is 58.6. The van der Waals surface area contributed by atoms with Gasteiger partial charge < -0.3 is 4.74 Å². The monoisotopic (exact) mass is 264 g/mol. The summed E-state index contributed by atoms with van der Waals surface area (Å²) in [6.07, 6.45) is 2.63. The standard InChI is InChI=1S/C8H9IO2/c9-6-3-1-4-5(2-3)8(10)11-7(4)6/h3-7H,1-2H2/t3-,4+,5-,6-,7-/m1/s1. The number of alkyl halides is 1. The highest BCUT2D eigenvalue weighted by Crippen LogP contribution is 2.56. The average molecular weight is 264 g/mol. The molecule has 3 fully saturated rings. The first kappa shape index (κ1) is 6.69. The summed E-state index contributed by atoms with van der Waals surface area (Å²) in [5, 5.41) is 0. The first-order valence-corrected chi connectivity index (χ1v) is 5.36. The van der Waals surface area contributed by atoms with Crippen LogP contribution in [0, 0.1) is 17.8 Å². The molecule has 0 N–H and O–H groups in total. The van der Waals surface area contributed by atoms with Gasteiger partial charge in [0.1, 0.15) is 6.10 Å². The maximum atomic E-state index is 11.2. The number of esters is 1. The molecule has 1 saturated heterocycles. The fourth-order valence-electron chi connectivity index (χ4n) is 2.88. The summed E-state index contributed by atoms with van der Waals surface area (Å²) in [5.41, 5.74) is 0. The molecule has 11 heavy (non-hydrogen) atoms. The van der Waals surface area contributed by atoms with E-state index in [-0.39, 0.29) is 18.0 Å². The van der Waals surface area contributed by atoms with E-state index < -0.39 is 0 Å². The SMILES string of the molecule is O=C1O[C@H]2[C@H](I)[C@@H]3C[C@H]2[C@H]1C3. The van der Waals surface area contributed by atoms with E-state index in [0.29, 0.717) is 9.84 Å². The molecule has 3 rings (SSSR count). The highest BCUT2D eigenvalue weighted by Gasteiger charge is 2.60. The number of hydrogen-bond donors (Lipinski definition) is 0. The Bertz CT molecular complexity index is 228. The Morgan fingerprint density at radius 2 is 2.27 bits per heavy atom. The van der Waals surface area contributed by atoms with E-state index in [1.54, 1.807) is 0 Å². The third-order valence-corrected chi connectivity index (χ3v) is 5.12. The summed E-state index contributed by atoms with van der Waals surface area (Å²) in [6.45, 7) is 0. The van der Waals surface area contributed by atoms with Gasteiger partial charge in [0.25, 0.3) is 0 Å². The second kappa shape index (κ2) is 1.92. The lowest BCUT2D eigenvalue weighted by Gasteiger charge is -2.19. The van der Waals surface area contributed by atoms with E-state index in [9.17, 15) is 4.79 Å². The van der Waals surface area contributed by atoms with Crippen molar-refractivity contribution in [1.82, 2.24) is 0 Å². The number of ether oxygens (including phenoxy) is 1. The van der Waals surface area contributed by atoms with Crippen molar-refractivity contribution in [2.75, 3.05) is 0 Å². The molecular formula is C8H9IO2. The second-order valence-electron chi connectivity index (χ2n) is 3.85. The van der Waals surface area contributed by atoms with E-state index >= 15 is 0 Å². The lowest BCUT2D eigenvalue weighted by molar-refractivity contribution is -0.143. The van der Waals surface area contributed by atoms with Crippen LogP contribution in [-0.2, 0) is 9.53 Å². The van der Waals surface area contributed by atoms with Crippen molar-refractivity contribution in [3.63, 3.8) is 0 Å². The van der Waals surface area contributed by atoms with Gasteiger partial charge in [-0.3, -0.25) is 4.79 Å². The molecule has 1 heterocycles. The summed E-state index contributed by atoms with van der Waals surface area (Å²) in [4.78, 5) is 11.2. The maximum Gasteiger partial charge on any atom is 0.309 e. The molecule has 0 aromatic heterocycles. The van der Waals surface area contributed by atoms with Crippen LogP contribution in [0.15, 0.2) is 0 Å². The molecule has 0 radical (unpaired) electrons. The predicted octanol–water partition coefficient (Wildman–Crippen LogP) is 1.37. The molecule has 1 aliphatic heterocycles. The third-order valence-electron chi connectivity index (χ3n) is 3.39. The smallest absolute Gasteiger partial charge is 0.309 e. The Morgan fingerprint density at radius 3 is 2.91 bits per heavy atom. The molecule has 2 aliphatic carbocycles. The Hall–Kier alpha value is 0.200. The minimum atomic E-state index is 0.0849. The van der Waals surface area contributed by atoms with E-state index in [4.69, 9.17) is 4.74 Å². The van der Waals surface area contributed by atoms with Crippen LogP contribution in [0.5, 0.6) is 0 Å². The summed E-state index contributed by atoms with van der Waals surface area (Å²) in [5.74, 6) is 1.74. The van der Waals surface area contributed by atoms with Gasteiger partial charge in [0.15, 0.2) is 0 Å². The summed E-state index contributed by atoms with van der Waals surface area (Å²) in [6, 6.07) is 0. The van der Waals surface area contributed by atoms with Crippen molar-refractivity contribution >= 4 is 28.6 Å². The number of halogens is 1. The molecule has 3 heteroatoms. The molecule has 0 aromatic carbocycles. The zero-order chi connectivity index (χ0) is 7.59. The minimum Gasteiger partial charge on any atom is -0.461 e. The van der Waals surface area contributed by atoms with Crippen LogP contribution in [0.2, 0.25) is 0 Å². The first-order chi connectivity index (χ1) is 5.27. The highest BCUT2D eigenvalue weighted by atomic mass is 127. The Balaban J connectivity index is 2.04. The Labute approximate surface area is 78.8 Å². The lowest BCUT2D eigenvalue weighted by Crippen LogP contribution is -2.26. The quantitative estimate of drug-likeness (QED) is 0.375. The van der Waals surface area contributed by atoms with E-state index in [0.717, 1.165) is 12.3 Å². The molecule has 3 aliphatic rings. The zero-order valence-corrected chi connectivity index (χ0v) is 8.15. The molecule has 2 saturated carbocycles. The Kier molecular flexibility index (Phi) is 1.17. The number of fused-ring (bicyclic) bond motifs is 1. The number of hydrogen-bond acceptors (Lipinski definition) is 2. The molecule has 0 spiro atoms. The van der Waals surface area contributed by atoms with Gasteiger partial charge in [-0.15, -0.1) is 0 Å². The minimum absolute atomic E-state index is 0.0849. The van der Waals surface area contributed by atoms with Crippen LogP contribution in [-0.4, -0.2) is 16.0 Å². The number of rotatable bonds is 0. The van der Waals surface area contributed by atoms with Crippen molar-refractivity contribution in [3.8, 4) is 0 Å². The number of carbonyl (C=O) groups is 1. The fourth-order valence-corrected chi connectivity index (χ4v) is 4.15. The topological polar surface area (TPSA) is 26.3 Å². The summed E-state index contributed by atoms with van der Waals surface area (Å²) < 4.78 is 5.92.